The maximum Gasteiger partial charge on any atom is 0.354 e. The van der Waals surface area contributed by atoms with Crippen LogP contribution >= 0.6 is 11.8 Å². The van der Waals surface area contributed by atoms with Gasteiger partial charge in [-0.3, -0.25) is 0 Å². The molecule has 1 heterocycles. The minimum absolute atomic E-state index is 0.0718. The third kappa shape index (κ3) is 4.10. The molecule has 0 spiro atoms. The largest absolute Gasteiger partial charge is 0.477 e. The molecule has 88 valence electrons. The molecule has 0 bridgehead atoms. The highest BCUT2D eigenvalue weighted by Gasteiger charge is 2.06. The summed E-state index contributed by atoms with van der Waals surface area (Å²) in [6.07, 6.45) is 2.07. The van der Waals surface area contributed by atoms with E-state index < -0.39 is 5.97 Å². The van der Waals surface area contributed by atoms with Gasteiger partial charge in [0.05, 0.1) is 0 Å². The van der Waals surface area contributed by atoms with Crippen molar-refractivity contribution in [2.75, 3.05) is 23.9 Å². The maximum atomic E-state index is 10.7. The molecular weight excluding hydrogens is 224 g/mol. The summed E-state index contributed by atoms with van der Waals surface area (Å²) in [6, 6.07) is 4.95. The van der Waals surface area contributed by atoms with Gasteiger partial charge in [0, 0.05) is 6.54 Å². The molecule has 0 fully saturated rings. The van der Waals surface area contributed by atoms with Gasteiger partial charge in [-0.05, 0) is 30.1 Å². The fourth-order valence-electron chi connectivity index (χ4n) is 1.27. The lowest BCUT2D eigenvalue weighted by Gasteiger charge is -2.11. The van der Waals surface area contributed by atoms with Crippen LogP contribution in [0.5, 0.6) is 0 Å². The number of hydrogen-bond acceptors (Lipinski definition) is 4. The van der Waals surface area contributed by atoms with Crippen molar-refractivity contribution in [2.45, 2.75) is 6.92 Å². The van der Waals surface area contributed by atoms with Gasteiger partial charge in [0.1, 0.15) is 5.82 Å². The van der Waals surface area contributed by atoms with Crippen molar-refractivity contribution in [3.8, 4) is 0 Å². The summed E-state index contributed by atoms with van der Waals surface area (Å²) in [6.45, 7) is 2.95. The third-order valence-corrected chi connectivity index (χ3v) is 2.95. The molecule has 16 heavy (non-hydrogen) atoms. The van der Waals surface area contributed by atoms with Crippen molar-refractivity contribution in [3.05, 3.63) is 23.9 Å². The molecule has 2 N–H and O–H groups in total. The van der Waals surface area contributed by atoms with Crippen LogP contribution in [0.25, 0.3) is 0 Å². The van der Waals surface area contributed by atoms with Gasteiger partial charge in [-0.25, -0.2) is 9.78 Å². The van der Waals surface area contributed by atoms with E-state index in [1.54, 1.807) is 23.9 Å². The number of nitrogens with one attached hydrogen (secondary N) is 1. The Bertz CT molecular complexity index is 358. The van der Waals surface area contributed by atoms with Gasteiger partial charge < -0.3 is 10.4 Å². The predicted octanol–water partition coefficient (Wildman–Crippen LogP) is 2.19. The molecule has 1 aromatic heterocycles. The first-order valence-corrected chi connectivity index (χ1v) is 6.46. The Morgan fingerprint density at radius 1 is 1.62 bits per heavy atom. The molecule has 1 atom stereocenters. The summed E-state index contributed by atoms with van der Waals surface area (Å²) in [5.74, 6) is 1.23. The Hall–Kier alpha value is -1.23. The van der Waals surface area contributed by atoms with Gasteiger partial charge >= 0.3 is 5.97 Å². The van der Waals surface area contributed by atoms with Gasteiger partial charge in [-0.1, -0.05) is 13.0 Å². The minimum Gasteiger partial charge on any atom is -0.477 e. The SMILES string of the molecule is CSCC(C)CNc1cccc(C(=O)O)n1. The summed E-state index contributed by atoms with van der Waals surface area (Å²) < 4.78 is 0. The Kier molecular flexibility index (Phi) is 5.11. The first-order valence-electron chi connectivity index (χ1n) is 5.06. The molecule has 5 heteroatoms. The molecule has 0 amide bonds. The number of carboxylic acids is 1. The molecule has 1 aromatic rings. The number of thioether (sulfide) groups is 1. The molecule has 1 rings (SSSR count). The quantitative estimate of drug-likeness (QED) is 0.798. The van der Waals surface area contributed by atoms with E-state index in [1.165, 1.54) is 6.07 Å². The zero-order valence-electron chi connectivity index (χ0n) is 9.43. The first kappa shape index (κ1) is 12.8. The Labute approximate surface area is 99.5 Å². The lowest BCUT2D eigenvalue weighted by Crippen LogP contribution is -2.14. The van der Waals surface area contributed by atoms with Crippen molar-refractivity contribution < 1.29 is 9.90 Å². The zero-order chi connectivity index (χ0) is 12.0. The number of hydrogen-bond donors (Lipinski definition) is 2. The fraction of sp³-hybridized carbons (Fsp3) is 0.455. The fourth-order valence-corrected chi connectivity index (χ4v) is 1.96. The molecule has 1 unspecified atom stereocenters. The van der Waals surface area contributed by atoms with Crippen LogP contribution in [-0.4, -0.2) is 34.6 Å². The van der Waals surface area contributed by atoms with Crippen LogP contribution in [0, 0.1) is 5.92 Å². The zero-order valence-corrected chi connectivity index (χ0v) is 10.3. The molecule has 4 nitrogen and oxygen atoms in total. The lowest BCUT2D eigenvalue weighted by atomic mass is 10.2. The van der Waals surface area contributed by atoms with E-state index in [1.807, 2.05) is 0 Å². The van der Waals surface area contributed by atoms with Crippen LogP contribution in [0.4, 0.5) is 5.82 Å². The van der Waals surface area contributed by atoms with Crippen LogP contribution in [0.1, 0.15) is 17.4 Å². The molecule has 0 aliphatic rings. The molecule has 0 saturated heterocycles. The summed E-state index contributed by atoms with van der Waals surface area (Å²) in [5.41, 5.74) is 0.0718. The van der Waals surface area contributed by atoms with E-state index in [-0.39, 0.29) is 5.69 Å². The van der Waals surface area contributed by atoms with Crippen molar-refractivity contribution in [2.24, 2.45) is 5.92 Å². The van der Waals surface area contributed by atoms with E-state index in [0.29, 0.717) is 11.7 Å². The number of anilines is 1. The van der Waals surface area contributed by atoms with E-state index in [4.69, 9.17) is 5.11 Å². The molecule has 0 aliphatic carbocycles. The van der Waals surface area contributed by atoms with Crippen LogP contribution < -0.4 is 5.32 Å². The molecular formula is C11H16N2O2S. The monoisotopic (exact) mass is 240 g/mol. The van der Waals surface area contributed by atoms with Crippen LogP contribution in [0.2, 0.25) is 0 Å². The van der Waals surface area contributed by atoms with Crippen molar-refractivity contribution >= 4 is 23.5 Å². The van der Waals surface area contributed by atoms with Crippen LogP contribution in [0.15, 0.2) is 18.2 Å². The first-order chi connectivity index (χ1) is 7.63. The van der Waals surface area contributed by atoms with E-state index in [2.05, 4.69) is 23.5 Å². The number of carboxylic acid groups (broad SMARTS) is 1. The van der Waals surface area contributed by atoms with Gasteiger partial charge in [-0.15, -0.1) is 0 Å². The second kappa shape index (κ2) is 6.37. The van der Waals surface area contributed by atoms with Gasteiger partial charge in [0.25, 0.3) is 0 Å². The van der Waals surface area contributed by atoms with Gasteiger partial charge in [-0.2, -0.15) is 11.8 Å². The van der Waals surface area contributed by atoms with E-state index in [9.17, 15) is 4.79 Å². The highest BCUT2D eigenvalue weighted by molar-refractivity contribution is 7.98. The standard InChI is InChI=1S/C11H16N2O2S/c1-8(7-16-2)6-12-10-5-3-4-9(13-10)11(14)15/h3-5,8H,6-7H2,1-2H3,(H,12,13)(H,14,15). The minimum atomic E-state index is -0.999. The Morgan fingerprint density at radius 3 is 3.00 bits per heavy atom. The Balaban J connectivity index is 2.54. The third-order valence-electron chi connectivity index (χ3n) is 2.05. The highest BCUT2D eigenvalue weighted by Crippen LogP contribution is 2.08. The number of aromatic nitrogens is 1. The molecule has 0 aliphatic heterocycles. The number of carbonyl (C=O) groups is 1. The summed E-state index contributed by atoms with van der Waals surface area (Å²) >= 11 is 1.80. The second-order valence-electron chi connectivity index (χ2n) is 3.65. The number of aromatic carboxylic acids is 1. The normalized spacial score (nSPS) is 12.1. The van der Waals surface area contributed by atoms with Crippen LogP contribution in [0.3, 0.4) is 0 Å². The summed E-state index contributed by atoms with van der Waals surface area (Å²) in [7, 11) is 0. The molecule has 0 aromatic carbocycles. The topological polar surface area (TPSA) is 62.2 Å². The predicted molar refractivity (Wildman–Crippen MR) is 67.2 cm³/mol. The van der Waals surface area contributed by atoms with E-state index >= 15 is 0 Å². The van der Waals surface area contributed by atoms with Crippen molar-refractivity contribution in [3.63, 3.8) is 0 Å². The average Bonchev–Trinajstić information content (AvgIpc) is 2.27. The second-order valence-corrected chi connectivity index (χ2v) is 4.57. The number of rotatable bonds is 6. The van der Waals surface area contributed by atoms with Crippen LogP contribution in [-0.2, 0) is 0 Å². The Morgan fingerprint density at radius 2 is 2.38 bits per heavy atom. The van der Waals surface area contributed by atoms with Gasteiger partial charge in [0.2, 0.25) is 0 Å². The highest BCUT2D eigenvalue weighted by atomic mass is 32.2. The maximum absolute atomic E-state index is 10.7. The van der Waals surface area contributed by atoms with Crippen molar-refractivity contribution in [1.29, 1.82) is 0 Å². The summed E-state index contributed by atoms with van der Waals surface area (Å²) in [4.78, 5) is 14.7. The molecule has 0 radical (unpaired) electrons. The van der Waals surface area contributed by atoms with E-state index in [0.717, 1.165) is 12.3 Å². The molecule has 0 saturated carbocycles. The average molecular weight is 240 g/mol. The number of pyridine rings is 1. The smallest absolute Gasteiger partial charge is 0.354 e. The van der Waals surface area contributed by atoms with Gasteiger partial charge in [0.15, 0.2) is 5.69 Å². The lowest BCUT2D eigenvalue weighted by molar-refractivity contribution is 0.0690. The summed E-state index contributed by atoms with van der Waals surface area (Å²) in [5, 5.41) is 11.9. The van der Waals surface area contributed by atoms with Crippen molar-refractivity contribution in [1.82, 2.24) is 4.98 Å². The number of nitrogens with zero attached hydrogens (tertiary/aromatic N) is 1.